The van der Waals surface area contributed by atoms with Crippen molar-refractivity contribution in [2.45, 2.75) is 37.8 Å². The van der Waals surface area contributed by atoms with Gasteiger partial charge < -0.3 is 5.32 Å². The second kappa shape index (κ2) is 7.53. The van der Waals surface area contributed by atoms with Crippen molar-refractivity contribution < 1.29 is 4.79 Å². The van der Waals surface area contributed by atoms with Crippen LogP contribution in [0.15, 0.2) is 59.7 Å². The van der Waals surface area contributed by atoms with Crippen LogP contribution in [0, 0.1) is 0 Å². The second-order valence-electron chi connectivity index (χ2n) is 6.64. The maximum Gasteiger partial charge on any atom is 0.273 e. The molecule has 3 aromatic rings. The summed E-state index contributed by atoms with van der Waals surface area (Å²) in [6.07, 6.45) is 6.31. The molecular weight excluding hydrogens is 344 g/mol. The van der Waals surface area contributed by atoms with Crippen LogP contribution in [-0.2, 0) is 0 Å². The molecule has 0 saturated heterocycles. The Morgan fingerprint density at radius 1 is 1.00 bits per heavy atom. The molecule has 8 nitrogen and oxygen atoms in total. The lowest BCUT2D eigenvalue weighted by molar-refractivity contribution is 0.0916. The number of hydrogen-bond acceptors (Lipinski definition) is 5. The average Bonchev–Trinajstić information content (AvgIpc) is 3.20. The quantitative estimate of drug-likeness (QED) is 0.761. The van der Waals surface area contributed by atoms with E-state index in [0.29, 0.717) is 5.69 Å². The molecule has 0 spiro atoms. The van der Waals surface area contributed by atoms with Crippen molar-refractivity contribution >= 4 is 5.91 Å². The molecule has 1 N–H and O–H groups in total. The molecule has 2 heterocycles. The van der Waals surface area contributed by atoms with Gasteiger partial charge in [0, 0.05) is 18.3 Å². The number of para-hydroxylation sites is 1. The van der Waals surface area contributed by atoms with Crippen LogP contribution in [-0.4, -0.2) is 36.7 Å². The van der Waals surface area contributed by atoms with Crippen molar-refractivity contribution in [3.63, 3.8) is 0 Å². The number of carbonyl (C=O) groups is 1. The Kier molecular flexibility index (Phi) is 4.78. The van der Waals surface area contributed by atoms with Gasteiger partial charge in [0.1, 0.15) is 0 Å². The van der Waals surface area contributed by atoms with Gasteiger partial charge in [0.2, 0.25) is 0 Å². The highest BCUT2D eigenvalue weighted by atomic mass is 16.2. The standard InChI is InChI=1S/C19H20N6O2/c26-18-7-4-12-20-24(18)15-10-8-14(9-11-15)22-19(27)17-13-21-25(23-17)16-5-2-1-3-6-16/h1-7,12-15H,8-11H2,(H,22,27). The maximum atomic E-state index is 12.5. The molecule has 1 amide bonds. The van der Waals surface area contributed by atoms with Crippen LogP contribution < -0.4 is 10.9 Å². The van der Waals surface area contributed by atoms with Crippen LogP contribution in [0.1, 0.15) is 42.2 Å². The normalized spacial score (nSPS) is 19.6. The van der Waals surface area contributed by atoms with E-state index in [0.717, 1.165) is 31.4 Å². The van der Waals surface area contributed by atoms with Crippen LogP contribution in [0.25, 0.3) is 5.69 Å². The van der Waals surface area contributed by atoms with E-state index in [4.69, 9.17) is 0 Å². The van der Waals surface area contributed by atoms with Gasteiger partial charge in [-0.05, 0) is 43.9 Å². The highest BCUT2D eigenvalue weighted by molar-refractivity contribution is 5.92. The van der Waals surface area contributed by atoms with Gasteiger partial charge in [0.15, 0.2) is 5.69 Å². The molecule has 4 rings (SSSR count). The van der Waals surface area contributed by atoms with Crippen molar-refractivity contribution in [2.24, 2.45) is 0 Å². The van der Waals surface area contributed by atoms with E-state index < -0.39 is 0 Å². The molecule has 0 bridgehead atoms. The average molecular weight is 364 g/mol. The Hall–Kier alpha value is -3.29. The SMILES string of the molecule is O=C(NC1CCC(n2ncccc2=O)CC1)c1cnn(-c2ccccc2)n1. The number of hydrogen-bond donors (Lipinski definition) is 1. The zero-order chi connectivity index (χ0) is 18.6. The first-order chi connectivity index (χ1) is 13.2. The van der Waals surface area contributed by atoms with E-state index in [2.05, 4.69) is 20.6 Å². The summed E-state index contributed by atoms with van der Waals surface area (Å²) in [5, 5.41) is 15.6. The van der Waals surface area contributed by atoms with Gasteiger partial charge in [-0.2, -0.15) is 15.0 Å². The molecule has 1 aromatic carbocycles. The minimum Gasteiger partial charge on any atom is -0.348 e. The van der Waals surface area contributed by atoms with Gasteiger partial charge in [0.25, 0.3) is 11.5 Å². The molecule has 0 atom stereocenters. The van der Waals surface area contributed by atoms with E-state index in [-0.39, 0.29) is 23.6 Å². The lowest BCUT2D eigenvalue weighted by Gasteiger charge is -2.29. The molecule has 27 heavy (non-hydrogen) atoms. The zero-order valence-corrected chi connectivity index (χ0v) is 14.7. The first kappa shape index (κ1) is 17.1. The highest BCUT2D eigenvalue weighted by Crippen LogP contribution is 2.26. The molecule has 138 valence electrons. The molecule has 0 unspecified atom stereocenters. The largest absolute Gasteiger partial charge is 0.348 e. The number of carbonyl (C=O) groups excluding carboxylic acids is 1. The van der Waals surface area contributed by atoms with E-state index in [1.807, 2.05) is 30.3 Å². The smallest absolute Gasteiger partial charge is 0.273 e. The Balaban J connectivity index is 1.35. The summed E-state index contributed by atoms with van der Waals surface area (Å²) in [5.41, 5.74) is 1.02. The summed E-state index contributed by atoms with van der Waals surface area (Å²) < 4.78 is 1.55. The molecule has 2 aromatic heterocycles. The van der Waals surface area contributed by atoms with Gasteiger partial charge in [-0.1, -0.05) is 18.2 Å². The second-order valence-corrected chi connectivity index (χ2v) is 6.64. The third-order valence-electron chi connectivity index (χ3n) is 4.83. The third kappa shape index (κ3) is 3.79. The fraction of sp³-hybridized carbons (Fsp3) is 0.316. The Morgan fingerprint density at radius 3 is 2.52 bits per heavy atom. The molecule has 0 aliphatic heterocycles. The summed E-state index contributed by atoms with van der Waals surface area (Å²) in [7, 11) is 0. The van der Waals surface area contributed by atoms with Crippen molar-refractivity contribution in [1.82, 2.24) is 30.1 Å². The zero-order valence-electron chi connectivity index (χ0n) is 14.7. The van der Waals surface area contributed by atoms with Gasteiger partial charge in [0.05, 0.1) is 17.9 Å². The summed E-state index contributed by atoms with van der Waals surface area (Å²) in [5.74, 6) is -0.226. The third-order valence-corrected chi connectivity index (χ3v) is 4.83. The van der Waals surface area contributed by atoms with E-state index in [1.54, 1.807) is 16.9 Å². The summed E-state index contributed by atoms with van der Waals surface area (Å²) >= 11 is 0. The van der Waals surface area contributed by atoms with Crippen molar-refractivity contribution in [2.75, 3.05) is 0 Å². The van der Waals surface area contributed by atoms with Gasteiger partial charge in [-0.25, -0.2) is 4.68 Å². The summed E-state index contributed by atoms with van der Waals surface area (Å²) in [6, 6.07) is 12.8. The first-order valence-corrected chi connectivity index (χ1v) is 9.03. The van der Waals surface area contributed by atoms with Crippen LogP contribution >= 0.6 is 0 Å². The molecule has 0 radical (unpaired) electrons. The molecule has 1 aliphatic carbocycles. The highest BCUT2D eigenvalue weighted by Gasteiger charge is 2.25. The predicted molar refractivity (Wildman–Crippen MR) is 98.6 cm³/mol. The molecule has 1 fully saturated rings. The molecular formula is C19H20N6O2. The number of nitrogens with zero attached hydrogens (tertiary/aromatic N) is 5. The maximum absolute atomic E-state index is 12.5. The van der Waals surface area contributed by atoms with E-state index in [9.17, 15) is 9.59 Å². The number of nitrogens with one attached hydrogen (secondary N) is 1. The minimum atomic E-state index is -0.226. The van der Waals surface area contributed by atoms with Crippen molar-refractivity contribution in [3.8, 4) is 5.69 Å². The monoisotopic (exact) mass is 364 g/mol. The Labute approximate surface area is 155 Å². The lowest BCUT2D eigenvalue weighted by Crippen LogP contribution is -2.39. The molecule has 8 heteroatoms. The number of aromatic nitrogens is 5. The van der Waals surface area contributed by atoms with Gasteiger partial charge in [-0.15, -0.1) is 5.10 Å². The fourth-order valence-electron chi connectivity index (χ4n) is 3.42. The summed E-state index contributed by atoms with van der Waals surface area (Å²) in [4.78, 5) is 25.8. The first-order valence-electron chi connectivity index (χ1n) is 9.03. The number of benzene rings is 1. The Bertz CT molecular complexity index is 973. The van der Waals surface area contributed by atoms with Crippen molar-refractivity contribution in [3.05, 3.63) is 70.9 Å². The van der Waals surface area contributed by atoms with Gasteiger partial charge in [-0.3, -0.25) is 9.59 Å². The van der Waals surface area contributed by atoms with Crippen LogP contribution in [0.2, 0.25) is 0 Å². The van der Waals surface area contributed by atoms with Crippen molar-refractivity contribution in [1.29, 1.82) is 0 Å². The minimum absolute atomic E-state index is 0.0649. The molecule has 1 aliphatic rings. The predicted octanol–water partition coefficient (Wildman–Crippen LogP) is 1.74. The lowest BCUT2D eigenvalue weighted by atomic mass is 9.91. The van der Waals surface area contributed by atoms with Gasteiger partial charge >= 0.3 is 0 Å². The van der Waals surface area contributed by atoms with Crippen LogP contribution in [0.5, 0.6) is 0 Å². The molecule has 1 saturated carbocycles. The Morgan fingerprint density at radius 2 is 1.78 bits per heavy atom. The number of amides is 1. The van der Waals surface area contributed by atoms with E-state index in [1.165, 1.54) is 17.1 Å². The number of rotatable bonds is 4. The fourth-order valence-corrected chi connectivity index (χ4v) is 3.42. The topological polar surface area (TPSA) is 94.7 Å². The summed E-state index contributed by atoms with van der Waals surface area (Å²) in [6.45, 7) is 0. The van der Waals surface area contributed by atoms with Crippen LogP contribution in [0.3, 0.4) is 0 Å². The van der Waals surface area contributed by atoms with Crippen LogP contribution in [0.4, 0.5) is 0 Å². The van der Waals surface area contributed by atoms with E-state index >= 15 is 0 Å².